The number of halogens is 2. The summed E-state index contributed by atoms with van der Waals surface area (Å²) in [5, 5.41) is 4.66. The van der Waals surface area contributed by atoms with Crippen molar-refractivity contribution in [2.24, 2.45) is 0 Å². The molecule has 0 fully saturated rings. The van der Waals surface area contributed by atoms with Crippen LogP contribution in [-0.4, -0.2) is 20.0 Å². The van der Waals surface area contributed by atoms with Crippen molar-refractivity contribution >= 4 is 56.5 Å². The first kappa shape index (κ1) is 22.3. The van der Waals surface area contributed by atoms with E-state index in [0.29, 0.717) is 32.5 Å². The normalized spacial score (nSPS) is 11.1. The molecule has 0 spiro atoms. The van der Waals surface area contributed by atoms with Crippen molar-refractivity contribution in [1.29, 1.82) is 0 Å². The molecule has 4 rings (SSSR count). The predicted octanol–water partition coefficient (Wildman–Crippen LogP) is 4.18. The topological polar surface area (TPSA) is 86.0 Å². The third-order valence-electron chi connectivity index (χ3n) is 4.93. The Labute approximate surface area is 196 Å². The maximum atomic E-state index is 12.8. The number of nitrogens with zero attached hydrogens (tertiary/aromatic N) is 3. The second kappa shape index (κ2) is 9.28. The van der Waals surface area contributed by atoms with Crippen LogP contribution in [0.2, 0.25) is 10.0 Å². The van der Waals surface area contributed by atoms with Crippen molar-refractivity contribution in [3.8, 4) is 0 Å². The Bertz CT molecular complexity index is 1440. The lowest BCUT2D eigenvalue weighted by atomic mass is 10.1. The highest BCUT2D eigenvalue weighted by Crippen LogP contribution is 2.27. The number of para-hydroxylation sites is 1. The van der Waals surface area contributed by atoms with E-state index in [1.54, 1.807) is 49.5 Å². The highest BCUT2D eigenvalue weighted by atomic mass is 35.5. The Morgan fingerprint density at radius 3 is 2.66 bits per heavy atom. The molecule has 10 heteroatoms. The van der Waals surface area contributed by atoms with Gasteiger partial charge in [0.2, 0.25) is 5.91 Å². The van der Waals surface area contributed by atoms with Gasteiger partial charge in [-0.05, 0) is 36.8 Å². The van der Waals surface area contributed by atoms with Gasteiger partial charge in [0.05, 0.1) is 10.9 Å². The maximum absolute atomic E-state index is 12.8. The van der Waals surface area contributed by atoms with Gasteiger partial charge in [0.1, 0.15) is 6.54 Å². The van der Waals surface area contributed by atoms with Gasteiger partial charge in [-0.25, -0.2) is 9.78 Å². The van der Waals surface area contributed by atoms with Crippen LogP contribution >= 0.6 is 34.5 Å². The molecule has 0 aliphatic heterocycles. The number of thiazole rings is 1. The molecule has 2 aromatic carbocycles. The molecule has 164 valence electrons. The number of fused-ring (bicyclic) bond motifs is 1. The Morgan fingerprint density at radius 2 is 1.91 bits per heavy atom. The van der Waals surface area contributed by atoms with Crippen LogP contribution in [0.15, 0.2) is 58.3 Å². The van der Waals surface area contributed by atoms with Gasteiger partial charge < -0.3 is 5.32 Å². The summed E-state index contributed by atoms with van der Waals surface area (Å²) in [5.41, 5.74) is 0.427. The van der Waals surface area contributed by atoms with Crippen LogP contribution in [0, 0.1) is 0 Å². The van der Waals surface area contributed by atoms with Crippen LogP contribution in [0.1, 0.15) is 17.4 Å². The van der Waals surface area contributed by atoms with E-state index >= 15 is 0 Å². The third kappa shape index (κ3) is 4.48. The van der Waals surface area contributed by atoms with Crippen molar-refractivity contribution in [3.63, 3.8) is 0 Å². The molecule has 1 N–H and O–H groups in total. The molecular weight excluding hydrogens is 471 g/mol. The summed E-state index contributed by atoms with van der Waals surface area (Å²) in [6.07, 6.45) is 2.22. The minimum absolute atomic E-state index is 0.215. The number of hydrogen-bond donors (Lipinski definition) is 1. The lowest BCUT2D eigenvalue weighted by molar-refractivity contribution is -0.116. The highest BCUT2D eigenvalue weighted by Gasteiger charge is 2.15. The minimum Gasteiger partial charge on any atom is -0.300 e. The number of rotatable bonds is 6. The summed E-state index contributed by atoms with van der Waals surface area (Å²) in [5.74, 6) is -0.413. The summed E-state index contributed by atoms with van der Waals surface area (Å²) in [7, 11) is 0. The molecule has 0 atom stereocenters. The monoisotopic (exact) mass is 488 g/mol. The van der Waals surface area contributed by atoms with E-state index in [9.17, 15) is 14.4 Å². The quantitative estimate of drug-likeness (QED) is 0.441. The Balaban J connectivity index is 1.55. The number of carbonyl (C=O) groups excluding carboxylic acids is 1. The van der Waals surface area contributed by atoms with E-state index in [1.165, 1.54) is 15.9 Å². The molecule has 0 bridgehead atoms. The van der Waals surface area contributed by atoms with E-state index in [0.717, 1.165) is 15.0 Å². The van der Waals surface area contributed by atoms with Crippen molar-refractivity contribution in [1.82, 2.24) is 14.1 Å². The lowest BCUT2D eigenvalue weighted by Gasteiger charge is -2.12. The first-order valence-electron chi connectivity index (χ1n) is 9.78. The smallest absolute Gasteiger partial charge is 0.300 e. The lowest BCUT2D eigenvalue weighted by Crippen LogP contribution is -2.41. The molecule has 0 unspecified atom stereocenters. The molecular formula is C22H18Cl2N4O3S. The van der Waals surface area contributed by atoms with Crippen LogP contribution in [-0.2, 0) is 24.3 Å². The van der Waals surface area contributed by atoms with E-state index in [-0.39, 0.29) is 18.6 Å². The molecule has 0 radical (unpaired) electrons. The average molecular weight is 489 g/mol. The van der Waals surface area contributed by atoms with Gasteiger partial charge in [-0.3, -0.25) is 18.7 Å². The molecule has 0 aliphatic carbocycles. The van der Waals surface area contributed by atoms with Gasteiger partial charge in [0, 0.05) is 34.1 Å². The summed E-state index contributed by atoms with van der Waals surface area (Å²) >= 11 is 13.5. The summed E-state index contributed by atoms with van der Waals surface area (Å²) in [6.45, 7) is 1.69. The van der Waals surface area contributed by atoms with Gasteiger partial charge in [0.25, 0.3) is 5.56 Å². The molecule has 0 saturated carbocycles. The van der Waals surface area contributed by atoms with Crippen LogP contribution < -0.4 is 16.6 Å². The fourth-order valence-corrected chi connectivity index (χ4v) is 4.73. The number of hydrogen-bond acceptors (Lipinski definition) is 5. The molecule has 0 aliphatic rings. The Hall–Kier alpha value is -2.94. The fraction of sp³-hybridized carbons (Fsp3) is 0.182. The van der Waals surface area contributed by atoms with Crippen molar-refractivity contribution < 1.29 is 4.79 Å². The van der Waals surface area contributed by atoms with Crippen LogP contribution in [0.4, 0.5) is 5.13 Å². The number of carbonyl (C=O) groups is 1. The number of amides is 1. The molecule has 2 aromatic heterocycles. The van der Waals surface area contributed by atoms with Gasteiger partial charge in [0.15, 0.2) is 5.13 Å². The van der Waals surface area contributed by atoms with E-state index in [2.05, 4.69) is 10.3 Å². The predicted molar refractivity (Wildman–Crippen MR) is 128 cm³/mol. The Morgan fingerprint density at radius 1 is 1.12 bits per heavy atom. The van der Waals surface area contributed by atoms with Crippen LogP contribution in [0.3, 0.4) is 0 Å². The highest BCUT2D eigenvalue weighted by molar-refractivity contribution is 7.15. The van der Waals surface area contributed by atoms with Crippen LogP contribution in [0.5, 0.6) is 0 Å². The Kier molecular flexibility index (Phi) is 6.45. The average Bonchev–Trinajstić information content (AvgIpc) is 3.20. The number of nitrogens with one attached hydrogen (secondary N) is 1. The molecule has 4 aromatic rings. The van der Waals surface area contributed by atoms with Gasteiger partial charge in [-0.2, -0.15) is 0 Å². The first-order valence-corrected chi connectivity index (χ1v) is 11.4. The number of benzene rings is 2. The zero-order chi connectivity index (χ0) is 22.8. The first-order chi connectivity index (χ1) is 15.4. The zero-order valence-corrected chi connectivity index (χ0v) is 19.3. The standard InChI is InChI=1S/C22H18Cl2N4O3S/c1-2-27-20(30)16-5-3-4-6-18(16)28(22(27)31)12-19(29)26-21-25-11-15(32-21)9-13-7-8-14(23)10-17(13)24/h3-8,10-11H,2,9,12H2,1H3,(H,25,26,29). The van der Waals surface area contributed by atoms with Gasteiger partial charge in [-0.1, -0.05) is 41.4 Å². The van der Waals surface area contributed by atoms with Crippen molar-refractivity contribution in [3.05, 3.63) is 90.0 Å². The van der Waals surface area contributed by atoms with E-state index < -0.39 is 11.6 Å². The summed E-state index contributed by atoms with van der Waals surface area (Å²) in [4.78, 5) is 43.2. The molecule has 1 amide bonds. The van der Waals surface area contributed by atoms with Gasteiger partial charge in [-0.15, -0.1) is 11.3 Å². The van der Waals surface area contributed by atoms with Gasteiger partial charge >= 0.3 is 5.69 Å². The minimum atomic E-state index is -0.524. The zero-order valence-electron chi connectivity index (χ0n) is 17.0. The van der Waals surface area contributed by atoms with Crippen molar-refractivity contribution in [2.75, 3.05) is 5.32 Å². The summed E-state index contributed by atoms with van der Waals surface area (Å²) in [6, 6.07) is 12.0. The second-order valence-corrected chi connectivity index (χ2v) is 8.99. The largest absolute Gasteiger partial charge is 0.331 e. The maximum Gasteiger partial charge on any atom is 0.331 e. The van der Waals surface area contributed by atoms with Crippen LogP contribution in [0.25, 0.3) is 10.9 Å². The van der Waals surface area contributed by atoms with E-state index in [1.807, 2.05) is 6.07 Å². The second-order valence-electron chi connectivity index (χ2n) is 7.03. The number of aromatic nitrogens is 3. The fourth-order valence-electron chi connectivity index (χ4n) is 3.40. The molecule has 2 heterocycles. The third-order valence-corrected chi connectivity index (χ3v) is 6.43. The van der Waals surface area contributed by atoms with Crippen molar-refractivity contribution in [2.45, 2.75) is 26.4 Å². The van der Waals surface area contributed by atoms with E-state index in [4.69, 9.17) is 23.2 Å². The molecule has 7 nitrogen and oxygen atoms in total. The SMILES string of the molecule is CCn1c(=O)c2ccccc2n(CC(=O)Nc2ncc(Cc3ccc(Cl)cc3Cl)s2)c1=O. The number of anilines is 1. The molecule has 0 saturated heterocycles. The molecule has 32 heavy (non-hydrogen) atoms. The summed E-state index contributed by atoms with van der Waals surface area (Å²) < 4.78 is 2.42.